The quantitative estimate of drug-likeness (QED) is 0.484. The molecule has 1 aromatic carbocycles. The van der Waals surface area contributed by atoms with Crippen LogP contribution in [-0.2, 0) is 9.59 Å². The number of hydrogen-bond acceptors (Lipinski definition) is 7. The highest BCUT2D eigenvalue weighted by Gasteiger charge is 2.47. The molecule has 10 heteroatoms. The molecule has 3 aliphatic heterocycles. The zero-order valence-corrected chi connectivity index (χ0v) is 23.2. The number of anilines is 1. The van der Waals surface area contributed by atoms with E-state index in [9.17, 15) is 24.3 Å². The largest absolute Gasteiger partial charge is 0.390 e. The molecule has 0 saturated carbocycles. The number of carbonyl (C=O) groups is 4. The molecular weight excluding hydrogens is 510 g/mol. The van der Waals surface area contributed by atoms with E-state index < -0.39 is 29.6 Å². The van der Waals surface area contributed by atoms with Gasteiger partial charge in [0.05, 0.1) is 11.8 Å². The second kappa shape index (κ2) is 11.5. The molecule has 10 nitrogen and oxygen atoms in total. The van der Waals surface area contributed by atoms with Gasteiger partial charge in [0, 0.05) is 67.8 Å². The Morgan fingerprint density at radius 1 is 1.07 bits per heavy atom. The Morgan fingerprint density at radius 3 is 2.38 bits per heavy atom. The van der Waals surface area contributed by atoms with E-state index >= 15 is 0 Å². The molecule has 4 heterocycles. The number of ketones is 1. The van der Waals surface area contributed by atoms with Gasteiger partial charge in [-0.2, -0.15) is 0 Å². The van der Waals surface area contributed by atoms with Gasteiger partial charge in [0.1, 0.15) is 0 Å². The SMILES string of the molecule is CC(C)N1C(=O)C(C(=O)N[C@@H]2C[C@H]3CC[C@@H](C2)N3CC(O)CN(C)C(=O)c2ccncc2)C(=O)c2ccccc21. The maximum atomic E-state index is 13.4. The molecule has 2 unspecified atom stereocenters. The van der Waals surface area contributed by atoms with Gasteiger partial charge in [0.15, 0.2) is 11.7 Å². The maximum absolute atomic E-state index is 13.4. The Bertz CT molecular complexity index is 1270. The number of nitrogens with zero attached hydrogens (tertiary/aromatic N) is 4. The number of Topliss-reactive ketones (excluding diaryl/α,β-unsaturated/α-hetero) is 1. The summed E-state index contributed by atoms with van der Waals surface area (Å²) < 4.78 is 0. The molecule has 3 amide bonds. The minimum atomic E-state index is -1.39. The van der Waals surface area contributed by atoms with E-state index in [4.69, 9.17) is 0 Å². The van der Waals surface area contributed by atoms with Crippen molar-refractivity contribution >= 4 is 29.2 Å². The first-order valence-electron chi connectivity index (χ1n) is 14.0. The van der Waals surface area contributed by atoms with Gasteiger partial charge in [0.25, 0.3) is 5.91 Å². The molecule has 212 valence electrons. The van der Waals surface area contributed by atoms with E-state index in [0.717, 1.165) is 12.8 Å². The van der Waals surface area contributed by atoms with E-state index in [1.807, 2.05) is 13.8 Å². The predicted octanol–water partition coefficient (Wildman–Crippen LogP) is 1.88. The fourth-order valence-corrected chi connectivity index (χ4v) is 6.57. The second-order valence-electron chi connectivity index (χ2n) is 11.5. The molecule has 2 N–H and O–H groups in total. The van der Waals surface area contributed by atoms with E-state index in [2.05, 4.69) is 15.2 Å². The van der Waals surface area contributed by atoms with Crippen LogP contribution in [0.4, 0.5) is 5.69 Å². The Kier molecular flexibility index (Phi) is 8.00. The molecule has 2 aromatic rings. The number of aliphatic hydroxyl groups is 1. The average Bonchev–Trinajstić information content (AvgIpc) is 3.15. The molecule has 5 rings (SSSR count). The minimum Gasteiger partial charge on any atom is -0.390 e. The van der Waals surface area contributed by atoms with Crippen LogP contribution in [-0.4, -0.2) is 93.8 Å². The predicted molar refractivity (Wildman–Crippen MR) is 149 cm³/mol. The summed E-state index contributed by atoms with van der Waals surface area (Å²) in [5.74, 6) is -3.03. The Morgan fingerprint density at radius 2 is 1.73 bits per heavy atom. The number of rotatable bonds is 8. The molecule has 1 aromatic heterocycles. The first kappa shape index (κ1) is 27.9. The molecule has 0 spiro atoms. The number of nitrogens with one attached hydrogen (secondary N) is 1. The van der Waals surface area contributed by atoms with Gasteiger partial charge in [0.2, 0.25) is 11.8 Å². The Labute approximate surface area is 234 Å². The van der Waals surface area contributed by atoms with Crippen molar-refractivity contribution in [2.75, 3.05) is 25.0 Å². The van der Waals surface area contributed by atoms with E-state index in [0.29, 0.717) is 36.2 Å². The number of fused-ring (bicyclic) bond motifs is 3. The highest BCUT2D eigenvalue weighted by molar-refractivity contribution is 6.31. The van der Waals surface area contributed by atoms with Crippen molar-refractivity contribution < 1.29 is 24.3 Å². The number of carbonyl (C=O) groups excluding carboxylic acids is 4. The van der Waals surface area contributed by atoms with Crippen molar-refractivity contribution in [2.45, 2.75) is 69.8 Å². The lowest BCUT2D eigenvalue weighted by Crippen LogP contribution is -2.57. The highest BCUT2D eigenvalue weighted by atomic mass is 16.3. The van der Waals surface area contributed by atoms with Crippen molar-refractivity contribution in [3.05, 3.63) is 59.9 Å². The van der Waals surface area contributed by atoms with Crippen LogP contribution in [0.2, 0.25) is 0 Å². The number of benzene rings is 1. The van der Waals surface area contributed by atoms with Crippen LogP contribution >= 0.6 is 0 Å². The third-order valence-electron chi connectivity index (χ3n) is 8.37. The topological polar surface area (TPSA) is 123 Å². The third-order valence-corrected chi connectivity index (χ3v) is 8.37. The molecule has 40 heavy (non-hydrogen) atoms. The van der Waals surface area contributed by atoms with E-state index in [1.54, 1.807) is 60.7 Å². The van der Waals surface area contributed by atoms with Gasteiger partial charge >= 0.3 is 0 Å². The molecular formula is C30H37N5O5. The summed E-state index contributed by atoms with van der Waals surface area (Å²) in [5.41, 5.74) is 1.47. The van der Waals surface area contributed by atoms with Crippen molar-refractivity contribution in [3.8, 4) is 0 Å². The van der Waals surface area contributed by atoms with Crippen LogP contribution in [0.15, 0.2) is 48.8 Å². The third kappa shape index (κ3) is 5.38. The lowest BCUT2D eigenvalue weighted by atomic mass is 9.88. The Hall–Kier alpha value is -3.63. The van der Waals surface area contributed by atoms with Crippen LogP contribution < -0.4 is 10.2 Å². The fourth-order valence-electron chi connectivity index (χ4n) is 6.57. The van der Waals surface area contributed by atoms with Crippen LogP contribution in [0.3, 0.4) is 0 Å². The van der Waals surface area contributed by atoms with E-state index in [1.165, 1.54) is 4.90 Å². The number of para-hydroxylation sites is 1. The number of piperidine rings is 1. The summed E-state index contributed by atoms with van der Waals surface area (Å²) in [6.45, 7) is 4.38. The smallest absolute Gasteiger partial charge is 0.253 e. The summed E-state index contributed by atoms with van der Waals surface area (Å²) in [6, 6.07) is 10.2. The Balaban J connectivity index is 1.19. The zero-order valence-electron chi connectivity index (χ0n) is 23.2. The van der Waals surface area contributed by atoms with Gasteiger partial charge in [-0.3, -0.25) is 29.1 Å². The van der Waals surface area contributed by atoms with Crippen LogP contribution in [0.25, 0.3) is 0 Å². The van der Waals surface area contributed by atoms with Crippen LogP contribution in [0.1, 0.15) is 60.2 Å². The standard InChI is InChI=1S/C30H37N5O5/c1-18(2)35-25-7-5-4-6-24(25)27(37)26(30(35)40)28(38)32-20-14-21-8-9-22(15-20)34(21)17-23(36)16-33(3)29(39)19-10-12-31-13-11-19/h4-7,10-13,18,20-23,26,36H,8-9,14-17H2,1-3H3,(H,32,38)/t20-,21-,22+,23?,26?. The molecule has 0 radical (unpaired) electrons. The average molecular weight is 548 g/mol. The van der Waals surface area contributed by atoms with Crippen LogP contribution in [0.5, 0.6) is 0 Å². The van der Waals surface area contributed by atoms with Crippen molar-refractivity contribution in [1.29, 1.82) is 0 Å². The summed E-state index contributed by atoms with van der Waals surface area (Å²) in [5, 5.41) is 13.8. The van der Waals surface area contributed by atoms with Gasteiger partial charge in [-0.25, -0.2) is 0 Å². The normalized spacial score (nSPS) is 25.1. The summed E-state index contributed by atoms with van der Waals surface area (Å²) in [4.78, 5) is 61.9. The minimum absolute atomic E-state index is 0.153. The molecule has 2 saturated heterocycles. The summed E-state index contributed by atoms with van der Waals surface area (Å²) in [6.07, 6.45) is 5.68. The molecule has 5 atom stereocenters. The molecule has 3 aliphatic rings. The van der Waals surface area contributed by atoms with Crippen LogP contribution in [0, 0.1) is 5.92 Å². The van der Waals surface area contributed by atoms with Crippen molar-refractivity contribution in [3.63, 3.8) is 0 Å². The fraction of sp³-hybridized carbons (Fsp3) is 0.500. The first-order chi connectivity index (χ1) is 19.2. The second-order valence-corrected chi connectivity index (χ2v) is 11.5. The first-order valence-corrected chi connectivity index (χ1v) is 14.0. The van der Waals surface area contributed by atoms with Crippen molar-refractivity contribution in [1.82, 2.24) is 20.1 Å². The lowest BCUT2D eigenvalue weighted by Gasteiger charge is -2.41. The van der Waals surface area contributed by atoms with Gasteiger partial charge in [-0.1, -0.05) is 12.1 Å². The maximum Gasteiger partial charge on any atom is 0.253 e. The number of aromatic nitrogens is 1. The molecule has 0 aliphatic carbocycles. The zero-order chi connectivity index (χ0) is 28.6. The number of amides is 3. The number of pyridine rings is 1. The molecule has 2 fully saturated rings. The summed E-state index contributed by atoms with van der Waals surface area (Å²) >= 11 is 0. The monoisotopic (exact) mass is 547 g/mol. The highest BCUT2D eigenvalue weighted by Crippen LogP contribution is 2.37. The van der Waals surface area contributed by atoms with E-state index in [-0.39, 0.29) is 36.6 Å². The number of likely N-dealkylation sites (N-methyl/N-ethyl adjacent to an activating group) is 1. The number of hydrogen-bond donors (Lipinski definition) is 2. The number of aliphatic hydroxyl groups excluding tert-OH is 1. The van der Waals surface area contributed by atoms with Crippen molar-refractivity contribution in [2.24, 2.45) is 5.92 Å². The van der Waals surface area contributed by atoms with Gasteiger partial charge in [-0.15, -0.1) is 0 Å². The van der Waals surface area contributed by atoms with Gasteiger partial charge < -0.3 is 20.2 Å². The van der Waals surface area contributed by atoms with Gasteiger partial charge in [-0.05, 0) is 63.8 Å². The molecule has 2 bridgehead atoms. The lowest BCUT2D eigenvalue weighted by molar-refractivity contribution is -0.132. The summed E-state index contributed by atoms with van der Waals surface area (Å²) in [7, 11) is 1.68.